The van der Waals surface area contributed by atoms with Gasteiger partial charge in [-0.1, -0.05) is 6.92 Å². The molecule has 0 aromatic carbocycles. The van der Waals surface area contributed by atoms with Crippen LogP contribution in [0.3, 0.4) is 0 Å². The summed E-state index contributed by atoms with van der Waals surface area (Å²) >= 11 is 0. The molecule has 138 valence electrons. The fourth-order valence-corrected chi connectivity index (χ4v) is 3.24. The Labute approximate surface area is 138 Å². The van der Waals surface area contributed by atoms with Crippen LogP contribution in [0.1, 0.15) is 34.1 Å². The van der Waals surface area contributed by atoms with Gasteiger partial charge in [0, 0.05) is 19.5 Å². The van der Waals surface area contributed by atoms with Crippen molar-refractivity contribution in [1.29, 1.82) is 0 Å². The van der Waals surface area contributed by atoms with Crippen LogP contribution in [0.25, 0.3) is 0 Å². The largest absolute Gasteiger partial charge is 0.491 e. The summed E-state index contributed by atoms with van der Waals surface area (Å²) in [6.45, 7) is 7.96. The minimum Gasteiger partial charge on any atom is -0.417 e. The van der Waals surface area contributed by atoms with Crippen LogP contribution in [-0.2, 0) is 19.1 Å². The lowest BCUT2D eigenvalue weighted by atomic mass is 9.80. The third kappa shape index (κ3) is 3.37. The number of nitrogens with one attached hydrogen (secondary N) is 1. The van der Waals surface area contributed by atoms with Gasteiger partial charge in [0.1, 0.15) is 0 Å². The zero-order valence-electron chi connectivity index (χ0n) is 14.2. The zero-order chi connectivity index (χ0) is 18.3. The van der Waals surface area contributed by atoms with Gasteiger partial charge in [-0.15, -0.1) is 0 Å². The van der Waals surface area contributed by atoms with Crippen molar-refractivity contribution in [2.75, 3.05) is 19.6 Å². The molecule has 1 spiro atoms. The summed E-state index contributed by atoms with van der Waals surface area (Å²) < 4.78 is 48.1. The van der Waals surface area contributed by atoms with Crippen LogP contribution in [0.15, 0.2) is 0 Å². The van der Waals surface area contributed by atoms with Gasteiger partial charge in [-0.25, -0.2) is 4.79 Å². The third-order valence-electron chi connectivity index (χ3n) is 4.70. The number of carbonyl (C=O) groups is 2. The summed E-state index contributed by atoms with van der Waals surface area (Å²) in [5.74, 6) is -5.56. The van der Waals surface area contributed by atoms with Gasteiger partial charge in [0.2, 0.25) is 0 Å². The SMILES string of the molecule is CC(C)N1C[C@@]2(CCNC[C@H]2C)O[C@](C)(OC(=O)C(F)(F)F)C1=O. The van der Waals surface area contributed by atoms with Gasteiger partial charge in [-0.2, -0.15) is 13.2 Å². The third-order valence-corrected chi connectivity index (χ3v) is 4.70. The number of amides is 1. The Morgan fingerprint density at radius 3 is 2.58 bits per heavy atom. The van der Waals surface area contributed by atoms with Crippen LogP contribution >= 0.6 is 0 Å². The van der Waals surface area contributed by atoms with Crippen LogP contribution < -0.4 is 5.32 Å². The van der Waals surface area contributed by atoms with Crippen molar-refractivity contribution in [3.8, 4) is 0 Å². The Morgan fingerprint density at radius 1 is 1.46 bits per heavy atom. The van der Waals surface area contributed by atoms with Gasteiger partial charge < -0.3 is 19.7 Å². The van der Waals surface area contributed by atoms with E-state index in [1.165, 1.54) is 4.90 Å². The number of hydrogen-bond acceptors (Lipinski definition) is 5. The maximum absolute atomic E-state index is 12.6. The van der Waals surface area contributed by atoms with E-state index in [4.69, 9.17) is 4.74 Å². The molecule has 0 aromatic rings. The molecule has 24 heavy (non-hydrogen) atoms. The second-order valence-electron chi connectivity index (χ2n) is 6.88. The standard InChI is InChI=1S/C15H23F3N2O4/c1-9(2)20-8-14(5-6-19-7-10(14)3)24-13(4,11(20)21)23-12(22)15(16,17)18/h9-10,19H,5-8H2,1-4H3/t10-,13+,14-/m1/s1. The lowest BCUT2D eigenvalue weighted by Crippen LogP contribution is -2.70. The molecule has 2 aliphatic rings. The Hall–Kier alpha value is -1.35. The molecule has 0 radical (unpaired) electrons. The Bertz CT molecular complexity index is 525. The van der Waals surface area contributed by atoms with Gasteiger partial charge in [0.15, 0.2) is 0 Å². The molecular formula is C15H23F3N2O4. The predicted molar refractivity (Wildman–Crippen MR) is 77.9 cm³/mol. The summed E-state index contributed by atoms with van der Waals surface area (Å²) in [7, 11) is 0. The van der Waals surface area contributed by atoms with E-state index >= 15 is 0 Å². The number of nitrogens with zero attached hydrogens (tertiary/aromatic N) is 1. The quantitative estimate of drug-likeness (QED) is 0.762. The van der Waals surface area contributed by atoms with Gasteiger partial charge in [0.25, 0.3) is 11.7 Å². The maximum Gasteiger partial charge on any atom is 0.491 e. The Balaban J connectivity index is 2.37. The van der Waals surface area contributed by atoms with E-state index < -0.39 is 29.4 Å². The number of piperidine rings is 1. The highest BCUT2D eigenvalue weighted by Crippen LogP contribution is 2.40. The van der Waals surface area contributed by atoms with Crippen molar-refractivity contribution in [2.24, 2.45) is 5.92 Å². The highest BCUT2D eigenvalue weighted by atomic mass is 19.4. The number of rotatable bonds is 2. The van der Waals surface area contributed by atoms with Crippen molar-refractivity contribution in [1.82, 2.24) is 10.2 Å². The lowest BCUT2D eigenvalue weighted by molar-refractivity contribution is -0.310. The molecule has 2 aliphatic heterocycles. The van der Waals surface area contributed by atoms with Crippen molar-refractivity contribution >= 4 is 11.9 Å². The molecule has 2 fully saturated rings. The second-order valence-corrected chi connectivity index (χ2v) is 6.88. The molecule has 6 nitrogen and oxygen atoms in total. The van der Waals surface area contributed by atoms with Gasteiger partial charge in [-0.05, 0) is 32.7 Å². The van der Waals surface area contributed by atoms with Crippen LogP contribution in [0, 0.1) is 5.92 Å². The molecule has 9 heteroatoms. The molecule has 2 rings (SSSR count). The first-order valence-corrected chi connectivity index (χ1v) is 7.93. The van der Waals surface area contributed by atoms with Crippen molar-refractivity contribution in [2.45, 2.75) is 57.7 Å². The Kier molecular flexibility index (Phi) is 4.89. The fraction of sp³-hybridized carbons (Fsp3) is 0.867. The van der Waals surface area contributed by atoms with E-state index in [2.05, 4.69) is 10.1 Å². The van der Waals surface area contributed by atoms with Crippen LogP contribution in [0.5, 0.6) is 0 Å². The normalized spacial score (nSPS) is 34.8. The Morgan fingerprint density at radius 2 is 2.08 bits per heavy atom. The van der Waals surface area contributed by atoms with E-state index in [9.17, 15) is 22.8 Å². The van der Waals surface area contributed by atoms with Gasteiger partial charge in [0.05, 0.1) is 12.1 Å². The highest BCUT2D eigenvalue weighted by Gasteiger charge is 2.59. The average Bonchev–Trinajstić information content (AvgIpc) is 2.45. The molecule has 1 amide bonds. The predicted octanol–water partition coefficient (Wildman–Crippen LogP) is 1.44. The van der Waals surface area contributed by atoms with Gasteiger partial charge >= 0.3 is 12.1 Å². The van der Waals surface area contributed by atoms with Crippen molar-refractivity contribution in [3.05, 3.63) is 0 Å². The van der Waals surface area contributed by atoms with Crippen LogP contribution in [0.4, 0.5) is 13.2 Å². The van der Waals surface area contributed by atoms with Crippen molar-refractivity contribution in [3.63, 3.8) is 0 Å². The summed E-state index contributed by atoms with van der Waals surface area (Å²) in [4.78, 5) is 25.4. The maximum atomic E-state index is 12.6. The number of halogens is 3. The summed E-state index contributed by atoms with van der Waals surface area (Å²) in [6, 6.07) is -0.260. The molecular weight excluding hydrogens is 329 g/mol. The van der Waals surface area contributed by atoms with Crippen molar-refractivity contribution < 1.29 is 32.2 Å². The summed E-state index contributed by atoms with van der Waals surface area (Å²) in [6.07, 6.45) is -4.69. The van der Waals surface area contributed by atoms with E-state index in [1.807, 2.05) is 6.92 Å². The van der Waals surface area contributed by atoms with E-state index in [-0.39, 0.29) is 18.5 Å². The molecule has 2 heterocycles. The molecule has 0 aliphatic carbocycles. The van der Waals surface area contributed by atoms with Crippen LogP contribution in [0.2, 0.25) is 0 Å². The number of esters is 1. The monoisotopic (exact) mass is 352 g/mol. The second kappa shape index (κ2) is 6.18. The first-order valence-electron chi connectivity index (χ1n) is 7.93. The number of hydrogen-bond donors (Lipinski definition) is 1. The highest BCUT2D eigenvalue weighted by molar-refractivity contribution is 5.88. The number of alkyl halides is 3. The summed E-state index contributed by atoms with van der Waals surface area (Å²) in [5.41, 5.74) is -0.857. The minimum absolute atomic E-state index is 0.0653. The average molecular weight is 352 g/mol. The molecule has 0 bridgehead atoms. The zero-order valence-corrected chi connectivity index (χ0v) is 14.2. The molecule has 0 aromatic heterocycles. The smallest absolute Gasteiger partial charge is 0.417 e. The molecule has 0 unspecified atom stereocenters. The topological polar surface area (TPSA) is 67.9 Å². The lowest BCUT2D eigenvalue weighted by Gasteiger charge is -2.54. The van der Waals surface area contributed by atoms with E-state index in [0.717, 1.165) is 6.92 Å². The van der Waals surface area contributed by atoms with Crippen LogP contribution in [-0.4, -0.2) is 60.0 Å². The number of morpholine rings is 1. The molecule has 2 saturated heterocycles. The van der Waals surface area contributed by atoms with E-state index in [0.29, 0.717) is 19.5 Å². The summed E-state index contributed by atoms with van der Waals surface area (Å²) in [5, 5.41) is 3.18. The molecule has 3 atom stereocenters. The fourth-order valence-electron chi connectivity index (χ4n) is 3.24. The molecule has 1 N–H and O–H groups in total. The van der Waals surface area contributed by atoms with Gasteiger partial charge in [-0.3, -0.25) is 4.79 Å². The number of ether oxygens (including phenoxy) is 2. The van der Waals surface area contributed by atoms with E-state index in [1.54, 1.807) is 13.8 Å². The first kappa shape index (κ1) is 19.0. The molecule has 0 saturated carbocycles. The first-order chi connectivity index (χ1) is 10.9. The minimum atomic E-state index is -5.19. The number of carbonyl (C=O) groups excluding carboxylic acids is 2.